The summed E-state index contributed by atoms with van der Waals surface area (Å²) in [4.78, 5) is 0. The van der Waals surface area contributed by atoms with Crippen molar-refractivity contribution in [1.82, 2.24) is 10.2 Å². The average Bonchev–Trinajstić information content (AvgIpc) is 2.97. The summed E-state index contributed by atoms with van der Waals surface area (Å²) in [5, 5.41) is 16.9. The van der Waals surface area contributed by atoms with Crippen LogP contribution in [0.3, 0.4) is 0 Å². The zero-order chi connectivity index (χ0) is 11.8. The first-order valence-corrected chi connectivity index (χ1v) is 5.15. The number of ether oxygens (including phenoxy) is 2. The van der Waals surface area contributed by atoms with Crippen molar-refractivity contribution >= 4 is 0 Å². The van der Waals surface area contributed by atoms with Gasteiger partial charge in [-0.25, -0.2) is 0 Å². The third-order valence-corrected chi connectivity index (χ3v) is 2.42. The van der Waals surface area contributed by atoms with E-state index in [0.29, 0.717) is 17.4 Å². The topological polar surface area (TPSA) is 77.6 Å². The van der Waals surface area contributed by atoms with Crippen molar-refractivity contribution in [1.29, 1.82) is 0 Å². The fraction of sp³-hybridized carbons (Fsp3) is 0.273. The summed E-state index contributed by atoms with van der Waals surface area (Å²) in [5.41, 5.74) is 0.730. The standard InChI is InChI=1S/C11H10N2O4/c1-6(14)10-12-13-11(17-10)7-2-3-8-9(4-7)16-5-15-8/h2-4,6,14H,5H2,1H3. The van der Waals surface area contributed by atoms with Gasteiger partial charge in [0, 0.05) is 5.56 Å². The molecule has 6 nitrogen and oxygen atoms in total. The molecule has 1 unspecified atom stereocenters. The highest BCUT2D eigenvalue weighted by Crippen LogP contribution is 2.35. The summed E-state index contributed by atoms with van der Waals surface area (Å²) in [5.74, 6) is 1.89. The number of hydrogen-bond donors (Lipinski definition) is 1. The van der Waals surface area contributed by atoms with Crippen molar-refractivity contribution in [3.05, 3.63) is 24.1 Å². The molecule has 0 aliphatic carbocycles. The molecule has 17 heavy (non-hydrogen) atoms. The molecular formula is C11H10N2O4. The van der Waals surface area contributed by atoms with Crippen LogP contribution < -0.4 is 9.47 Å². The predicted octanol–water partition coefficient (Wildman–Crippen LogP) is 1.52. The third kappa shape index (κ3) is 1.72. The third-order valence-electron chi connectivity index (χ3n) is 2.42. The van der Waals surface area contributed by atoms with Crippen LogP contribution >= 0.6 is 0 Å². The minimum absolute atomic E-state index is 0.192. The molecule has 0 saturated carbocycles. The van der Waals surface area contributed by atoms with Gasteiger partial charge in [-0.15, -0.1) is 10.2 Å². The smallest absolute Gasteiger partial charge is 0.248 e. The second kappa shape index (κ2) is 3.74. The van der Waals surface area contributed by atoms with Gasteiger partial charge < -0.3 is 19.0 Å². The maximum absolute atomic E-state index is 9.30. The van der Waals surface area contributed by atoms with Gasteiger partial charge in [-0.2, -0.15) is 0 Å². The Morgan fingerprint density at radius 1 is 1.24 bits per heavy atom. The molecule has 0 radical (unpaired) electrons. The second-order valence-corrected chi connectivity index (χ2v) is 3.69. The summed E-state index contributed by atoms with van der Waals surface area (Å²) in [6, 6.07) is 5.35. The number of rotatable bonds is 2. The first kappa shape index (κ1) is 10.1. The van der Waals surface area contributed by atoms with Crippen LogP contribution in [0.2, 0.25) is 0 Å². The van der Waals surface area contributed by atoms with E-state index < -0.39 is 6.10 Å². The highest BCUT2D eigenvalue weighted by Gasteiger charge is 2.17. The number of aliphatic hydroxyl groups is 1. The molecule has 0 saturated heterocycles. The molecule has 1 aromatic carbocycles. The Bertz CT molecular complexity index is 550. The van der Waals surface area contributed by atoms with Crippen LogP contribution in [0, 0.1) is 0 Å². The van der Waals surface area contributed by atoms with Crippen molar-refractivity contribution in [3.8, 4) is 23.0 Å². The quantitative estimate of drug-likeness (QED) is 0.848. The zero-order valence-corrected chi connectivity index (χ0v) is 9.08. The van der Waals surface area contributed by atoms with Crippen molar-refractivity contribution in [3.63, 3.8) is 0 Å². The van der Waals surface area contributed by atoms with Crippen LogP contribution in [0.5, 0.6) is 11.5 Å². The summed E-state index contributed by atoms with van der Waals surface area (Å²) < 4.78 is 15.8. The summed E-state index contributed by atoms with van der Waals surface area (Å²) in [6.45, 7) is 1.79. The Hall–Kier alpha value is -2.08. The van der Waals surface area contributed by atoms with Crippen LogP contribution in [0.4, 0.5) is 0 Å². The molecule has 1 aliphatic rings. The van der Waals surface area contributed by atoms with Crippen molar-refractivity contribution in [2.45, 2.75) is 13.0 Å². The molecule has 1 aromatic heterocycles. The maximum atomic E-state index is 9.30. The van der Waals surface area contributed by atoms with Gasteiger partial charge in [-0.3, -0.25) is 0 Å². The highest BCUT2D eigenvalue weighted by atomic mass is 16.7. The highest BCUT2D eigenvalue weighted by molar-refractivity contribution is 5.60. The first-order valence-electron chi connectivity index (χ1n) is 5.15. The molecule has 88 valence electrons. The number of nitrogens with zero attached hydrogens (tertiary/aromatic N) is 2. The van der Waals surface area contributed by atoms with Crippen molar-refractivity contribution in [2.24, 2.45) is 0 Å². The molecule has 1 N–H and O–H groups in total. The fourth-order valence-corrected chi connectivity index (χ4v) is 1.55. The number of aliphatic hydroxyl groups excluding tert-OH is 1. The maximum Gasteiger partial charge on any atom is 0.248 e. The average molecular weight is 234 g/mol. The van der Waals surface area contributed by atoms with Gasteiger partial charge in [-0.1, -0.05) is 0 Å². The molecular weight excluding hydrogens is 224 g/mol. The Morgan fingerprint density at radius 2 is 2.06 bits per heavy atom. The molecule has 1 atom stereocenters. The summed E-state index contributed by atoms with van der Waals surface area (Å²) in [7, 11) is 0. The summed E-state index contributed by atoms with van der Waals surface area (Å²) >= 11 is 0. The van der Waals surface area contributed by atoms with Gasteiger partial charge in [-0.05, 0) is 25.1 Å². The fourth-order valence-electron chi connectivity index (χ4n) is 1.55. The van der Waals surface area contributed by atoms with Crippen LogP contribution in [-0.2, 0) is 0 Å². The van der Waals surface area contributed by atoms with Crippen LogP contribution in [0.1, 0.15) is 18.9 Å². The molecule has 0 bridgehead atoms. The van der Waals surface area contributed by atoms with Gasteiger partial charge in [0.15, 0.2) is 11.5 Å². The van der Waals surface area contributed by atoms with Gasteiger partial charge in [0.2, 0.25) is 18.6 Å². The van der Waals surface area contributed by atoms with Gasteiger partial charge in [0.25, 0.3) is 0 Å². The van der Waals surface area contributed by atoms with Crippen LogP contribution in [0.15, 0.2) is 22.6 Å². The lowest BCUT2D eigenvalue weighted by molar-refractivity contribution is 0.163. The molecule has 0 amide bonds. The number of benzene rings is 1. The Balaban J connectivity index is 1.97. The zero-order valence-electron chi connectivity index (χ0n) is 9.08. The Morgan fingerprint density at radius 3 is 2.82 bits per heavy atom. The largest absolute Gasteiger partial charge is 0.454 e. The molecule has 2 heterocycles. The minimum Gasteiger partial charge on any atom is -0.454 e. The Labute approximate surface area is 96.8 Å². The molecule has 1 aliphatic heterocycles. The van der Waals surface area contributed by atoms with Crippen LogP contribution in [-0.4, -0.2) is 22.1 Å². The first-order chi connectivity index (χ1) is 8.24. The molecule has 0 fully saturated rings. The van der Waals surface area contributed by atoms with E-state index in [-0.39, 0.29) is 12.7 Å². The van der Waals surface area contributed by atoms with E-state index in [9.17, 15) is 5.11 Å². The van der Waals surface area contributed by atoms with E-state index in [4.69, 9.17) is 13.9 Å². The van der Waals surface area contributed by atoms with Gasteiger partial charge >= 0.3 is 0 Å². The normalized spacial score (nSPS) is 14.9. The number of hydrogen-bond acceptors (Lipinski definition) is 6. The Kier molecular flexibility index (Phi) is 2.22. The monoisotopic (exact) mass is 234 g/mol. The number of aromatic nitrogens is 2. The van der Waals surface area contributed by atoms with E-state index in [2.05, 4.69) is 10.2 Å². The minimum atomic E-state index is -0.773. The van der Waals surface area contributed by atoms with E-state index in [1.54, 1.807) is 25.1 Å². The van der Waals surface area contributed by atoms with Gasteiger partial charge in [0.1, 0.15) is 6.10 Å². The van der Waals surface area contributed by atoms with Crippen molar-refractivity contribution < 1.29 is 19.0 Å². The lowest BCUT2D eigenvalue weighted by Gasteiger charge is -1.98. The molecule has 3 rings (SSSR count). The molecule has 6 heteroatoms. The SMILES string of the molecule is CC(O)c1nnc(-c2ccc3c(c2)OCO3)o1. The van der Waals surface area contributed by atoms with E-state index >= 15 is 0 Å². The van der Waals surface area contributed by atoms with Gasteiger partial charge in [0.05, 0.1) is 0 Å². The molecule has 2 aromatic rings. The lowest BCUT2D eigenvalue weighted by Crippen LogP contribution is -1.92. The van der Waals surface area contributed by atoms with E-state index in [0.717, 1.165) is 5.56 Å². The van der Waals surface area contributed by atoms with Crippen molar-refractivity contribution in [2.75, 3.05) is 6.79 Å². The summed E-state index contributed by atoms with van der Waals surface area (Å²) in [6.07, 6.45) is -0.773. The van der Waals surface area contributed by atoms with Crippen LogP contribution in [0.25, 0.3) is 11.5 Å². The van der Waals surface area contributed by atoms with E-state index in [1.807, 2.05) is 0 Å². The lowest BCUT2D eigenvalue weighted by atomic mass is 10.2. The van der Waals surface area contributed by atoms with E-state index in [1.165, 1.54) is 0 Å². The number of fused-ring (bicyclic) bond motifs is 1. The molecule has 0 spiro atoms. The second-order valence-electron chi connectivity index (χ2n) is 3.69. The predicted molar refractivity (Wildman–Crippen MR) is 56.5 cm³/mol.